The average Bonchev–Trinajstić information content (AvgIpc) is 2.53. The Morgan fingerprint density at radius 2 is 2.20 bits per heavy atom. The Morgan fingerprint density at radius 3 is 3.05 bits per heavy atom. The first-order valence-electron chi connectivity index (χ1n) is 7.23. The van der Waals surface area contributed by atoms with Gasteiger partial charge in [-0.05, 0) is 31.4 Å². The summed E-state index contributed by atoms with van der Waals surface area (Å²) in [4.78, 5) is 14.6. The molecule has 2 aliphatic heterocycles. The molecule has 1 aromatic rings. The summed E-state index contributed by atoms with van der Waals surface area (Å²) in [5.74, 6) is 0.924. The van der Waals surface area contributed by atoms with E-state index in [4.69, 9.17) is 10.5 Å². The number of hydrogen-bond donors (Lipinski definition) is 1. The summed E-state index contributed by atoms with van der Waals surface area (Å²) in [6, 6.07) is 7.97. The van der Waals surface area contributed by atoms with Crippen LogP contribution in [0.1, 0.15) is 24.8 Å². The Morgan fingerprint density at radius 1 is 1.35 bits per heavy atom. The number of ether oxygens (including phenoxy) is 1. The number of rotatable bonds is 2. The van der Waals surface area contributed by atoms with Crippen LogP contribution in [0.15, 0.2) is 29.8 Å². The molecule has 0 bridgehead atoms. The van der Waals surface area contributed by atoms with Gasteiger partial charge in [-0.1, -0.05) is 18.2 Å². The first-order valence-corrected chi connectivity index (χ1v) is 7.23. The van der Waals surface area contributed by atoms with E-state index in [9.17, 15) is 4.79 Å². The standard InChI is InChI=1S/C16H20N2O2/c17-10-14-6-3-4-8-18(14)16(19)13-9-12-5-1-2-7-15(12)20-11-13/h1-2,5,7,9,14H,3-4,6,8,10-11,17H2. The van der Waals surface area contributed by atoms with Gasteiger partial charge in [0.1, 0.15) is 12.4 Å². The van der Waals surface area contributed by atoms with Crippen molar-refractivity contribution in [3.63, 3.8) is 0 Å². The smallest absolute Gasteiger partial charge is 0.253 e. The molecule has 3 rings (SSSR count). The van der Waals surface area contributed by atoms with Gasteiger partial charge in [-0.25, -0.2) is 0 Å². The van der Waals surface area contributed by atoms with E-state index in [0.717, 1.165) is 42.7 Å². The molecule has 4 heteroatoms. The van der Waals surface area contributed by atoms with Crippen LogP contribution in [0, 0.1) is 0 Å². The Balaban J connectivity index is 1.82. The molecule has 20 heavy (non-hydrogen) atoms. The molecule has 1 atom stereocenters. The van der Waals surface area contributed by atoms with Crippen molar-refractivity contribution < 1.29 is 9.53 Å². The zero-order valence-corrected chi connectivity index (χ0v) is 11.5. The van der Waals surface area contributed by atoms with Crippen molar-refractivity contribution in [2.45, 2.75) is 25.3 Å². The monoisotopic (exact) mass is 272 g/mol. The second-order valence-corrected chi connectivity index (χ2v) is 5.38. The molecule has 1 amide bonds. The summed E-state index contributed by atoms with van der Waals surface area (Å²) >= 11 is 0. The van der Waals surface area contributed by atoms with Gasteiger partial charge >= 0.3 is 0 Å². The van der Waals surface area contributed by atoms with Gasteiger partial charge in [0.2, 0.25) is 0 Å². The number of carbonyl (C=O) groups excluding carboxylic acids is 1. The van der Waals surface area contributed by atoms with Crippen molar-refractivity contribution in [1.82, 2.24) is 4.90 Å². The van der Waals surface area contributed by atoms with Crippen molar-refractivity contribution in [2.24, 2.45) is 5.73 Å². The molecule has 2 heterocycles. The fraction of sp³-hybridized carbons (Fsp3) is 0.438. The highest BCUT2D eigenvalue weighted by atomic mass is 16.5. The van der Waals surface area contributed by atoms with Crippen molar-refractivity contribution in [3.8, 4) is 5.75 Å². The molecule has 1 fully saturated rings. The predicted octanol–water partition coefficient (Wildman–Crippen LogP) is 1.80. The fourth-order valence-electron chi connectivity index (χ4n) is 2.94. The van der Waals surface area contributed by atoms with Crippen molar-refractivity contribution >= 4 is 12.0 Å². The lowest BCUT2D eigenvalue weighted by Crippen LogP contribution is -2.48. The number of benzene rings is 1. The largest absolute Gasteiger partial charge is 0.488 e. The molecule has 0 aromatic heterocycles. The third kappa shape index (κ3) is 2.43. The summed E-state index contributed by atoms with van der Waals surface area (Å²) in [5, 5.41) is 0. The lowest BCUT2D eigenvalue weighted by atomic mass is 9.99. The third-order valence-corrected chi connectivity index (χ3v) is 4.07. The number of piperidine rings is 1. The molecule has 0 spiro atoms. The molecule has 1 saturated heterocycles. The molecule has 1 aromatic carbocycles. The van der Waals surface area contributed by atoms with Gasteiger partial charge in [0.25, 0.3) is 5.91 Å². The van der Waals surface area contributed by atoms with Gasteiger partial charge in [0, 0.05) is 24.7 Å². The van der Waals surface area contributed by atoms with Gasteiger partial charge in [-0.3, -0.25) is 4.79 Å². The number of amides is 1. The molecule has 0 saturated carbocycles. The average molecular weight is 272 g/mol. The second-order valence-electron chi connectivity index (χ2n) is 5.38. The molecule has 2 aliphatic rings. The maximum absolute atomic E-state index is 12.7. The number of para-hydroxylation sites is 1. The highest BCUT2D eigenvalue weighted by molar-refractivity contribution is 5.99. The van der Waals surface area contributed by atoms with Crippen molar-refractivity contribution in [3.05, 3.63) is 35.4 Å². The van der Waals surface area contributed by atoms with Gasteiger partial charge in [-0.15, -0.1) is 0 Å². The molecule has 0 radical (unpaired) electrons. The lowest BCUT2D eigenvalue weighted by Gasteiger charge is -2.36. The van der Waals surface area contributed by atoms with Crippen molar-refractivity contribution in [1.29, 1.82) is 0 Å². The predicted molar refractivity (Wildman–Crippen MR) is 78.3 cm³/mol. The van der Waals surface area contributed by atoms with E-state index in [-0.39, 0.29) is 11.9 Å². The summed E-state index contributed by atoms with van der Waals surface area (Å²) in [6.45, 7) is 1.69. The Bertz CT molecular complexity index is 539. The van der Waals surface area contributed by atoms with Crippen LogP contribution in [-0.4, -0.2) is 36.5 Å². The van der Waals surface area contributed by atoms with Crippen LogP contribution < -0.4 is 10.5 Å². The van der Waals surface area contributed by atoms with Crippen LogP contribution in [-0.2, 0) is 4.79 Å². The van der Waals surface area contributed by atoms with E-state index >= 15 is 0 Å². The summed E-state index contributed by atoms with van der Waals surface area (Å²) in [7, 11) is 0. The number of hydrogen-bond acceptors (Lipinski definition) is 3. The number of nitrogens with two attached hydrogens (primary N) is 1. The number of nitrogens with zero attached hydrogens (tertiary/aromatic N) is 1. The Kier molecular flexibility index (Phi) is 3.74. The van der Waals surface area contributed by atoms with Crippen LogP contribution in [0.25, 0.3) is 6.08 Å². The first-order chi connectivity index (χ1) is 9.79. The minimum Gasteiger partial charge on any atom is -0.488 e. The molecule has 4 nitrogen and oxygen atoms in total. The lowest BCUT2D eigenvalue weighted by molar-refractivity contribution is -0.130. The minimum atomic E-state index is 0.0784. The van der Waals surface area contributed by atoms with E-state index in [1.165, 1.54) is 0 Å². The maximum Gasteiger partial charge on any atom is 0.253 e. The molecule has 106 valence electrons. The van der Waals surface area contributed by atoms with Crippen LogP contribution in [0.2, 0.25) is 0 Å². The van der Waals surface area contributed by atoms with E-state index in [2.05, 4.69) is 0 Å². The van der Waals surface area contributed by atoms with E-state index < -0.39 is 0 Å². The molecular weight excluding hydrogens is 252 g/mol. The summed E-state index contributed by atoms with van der Waals surface area (Å²) in [5.41, 5.74) is 7.49. The zero-order chi connectivity index (χ0) is 13.9. The van der Waals surface area contributed by atoms with Crippen LogP contribution >= 0.6 is 0 Å². The quantitative estimate of drug-likeness (QED) is 0.893. The Hall–Kier alpha value is -1.81. The summed E-state index contributed by atoms with van der Waals surface area (Å²) < 4.78 is 5.67. The zero-order valence-electron chi connectivity index (χ0n) is 11.5. The number of carbonyl (C=O) groups is 1. The van der Waals surface area contributed by atoms with Crippen LogP contribution in [0.4, 0.5) is 0 Å². The van der Waals surface area contributed by atoms with Gasteiger partial charge in [0.15, 0.2) is 0 Å². The maximum atomic E-state index is 12.7. The number of fused-ring (bicyclic) bond motifs is 1. The van der Waals surface area contributed by atoms with Gasteiger partial charge < -0.3 is 15.4 Å². The second kappa shape index (κ2) is 5.67. The fourth-order valence-corrected chi connectivity index (χ4v) is 2.94. The highest BCUT2D eigenvalue weighted by Crippen LogP contribution is 2.27. The first kappa shape index (κ1) is 13.2. The topological polar surface area (TPSA) is 55.6 Å². The Labute approximate surface area is 119 Å². The molecule has 2 N–H and O–H groups in total. The normalized spacial score (nSPS) is 21.8. The van der Waals surface area contributed by atoms with Gasteiger partial charge in [0.05, 0.1) is 5.57 Å². The molecule has 1 unspecified atom stereocenters. The van der Waals surface area contributed by atoms with Crippen molar-refractivity contribution in [2.75, 3.05) is 19.7 Å². The minimum absolute atomic E-state index is 0.0784. The van der Waals surface area contributed by atoms with E-state index in [0.29, 0.717) is 13.2 Å². The SMILES string of the molecule is NCC1CCCCN1C(=O)C1=Cc2ccccc2OC1. The summed E-state index contributed by atoms with van der Waals surface area (Å²) in [6.07, 6.45) is 5.17. The van der Waals surface area contributed by atoms with E-state index in [1.807, 2.05) is 35.2 Å². The number of likely N-dealkylation sites (tertiary alicyclic amines) is 1. The van der Waals surface area contributed by atoms with E-state index in [1.54, 1.807) is 0 Å². The molecular formula is C16H20N2O2. The molecule has 0 aliphatic carbocycles. The van der Waals surface area contributed by atoms with Crippen LogP contribution in [0.5, 0.6) is 5.75 Å². The highest BCUT2D eigenvalue weighted by Gasteiger charge is 2.29. The van der Waals surface area contributed by atoms with Gasteiger partial charge in [-0.2, -0.15) is 0 Å². The van der Waals surface area contributed by atoms with Crippen LogP contribution in [0.3, 0.4) is 0 Å². The third-order valence-electron chi connectivity index (χ3n) is 4.07.